The zero-order valence-corrected chi connectivity index (χ0v) is 17.6. The lowest BCUT2D eigenvalue weighted by Gasteiger charge is -2.21. The van der Waals surface area contributed by atoms with Gasteiger partial charge in [0.1, 0.15) is 0 Å². The molecule has 4 rings (SSSR count). The van der Waals surface area contributed by atoms with E-state index in [1.807, 2.05) is 0 Å². The largest absolute Gasteiger partial charge is 0.0804 e. The number of allylic oxidation sites excluding steroid dienone is 4. The molecule has 0 spiro atoms. The number of benzene rings is 2. The Labute approximate surface area is 171 Å². The van der Waals surface area contributed by atoms with E-state index in [9.17, 15) is 0 Å². The van der Waals surface area contributed by atoms with Crippen LogP contribution in [-0.4, -0.2) is 0 Å². The minimum absolute atomic E-state index is 0.897. The second-order valence-electron chi connectivity index (χ2n) is 8.71. The van der Waals surface area contributed by atoms with Gasteiger partial charge in [-0.05, 0) is 83.8 Å². The molecule has 2 aliphatic carbocycles. The highest BCUT2D eigenvalue weighted by atomic mass is 14.2. The molecule has 0 aliphatic heterocycles. The van der Waals surface area contributed by atoms with Crippen LogP contribution in [0.4, 0.5) is 0 Å². The number of rotatable bonds is 5. The van der Waals surface area contributed by atoms with E-state index in [1.165, 1.54) is 73.6 Å². The minimum Gasteiger partial charge on any atom is -0.0804 e. The quantitative estimate of drug-likeness (QED) is 0.494. The van der Waals surface area contributed by atoms with Gasteiger partial charge in [0, 0.05) is 0 Å². The highest BCUT2D eigenvalue weighted by Gasteiger charge is 2.15. The summed E-state index contributed by atoms with van der Waals surface area (Å²) in [5.41, 5.74) is 8.55. The molecular formula is C28H34. The third kappa shape index (κ3) is 4.32. The van der Waals surface area contributed by atoms with Crippen LogP contribution in [0.1, 0.15) is 76.3 Å². The molecule has 0 aromatic heterocycles. The molecule has 0 amide bonds. The van der Waals surface area contributed by atoms with E-state index in [0.717, 1.165) is 11.8 Å². The molecule has 146 valence electrons. The van der Waals surface area contributed by atoms with Gasteiger partial charge in [0.25, 0.3) is 0 Å². The maximum atomic E-state index is 2.47. The Balaban J connectivity index is 1.45. The average molecular weight is 371 g/mol. The van der Waals surface area contributed by atoms with Crippen molar-refractivity contribution in [3.8, 4) is 11.1 Å². The molecule has 0 radical (unpaired) electrons. The van der Waals surface area contributed by atoms with Crippen LogP contribution in [-0.2, 0) is 0 Å². The van der Waals surface area contributed by atoms with Crippen molar-refractivity contribution in [2.24, 2.45) is 11.8 Å². The van der Waals surface area contributed by atoms with Crippen molar-refractivity contribution in [2.45, 2.75) is 65.2 Å². The Bertz CT molecular complexity index is 759. The normalized spacial score (nSPS) is 22.5. The van der Waals surface area contributed by atoms with E-state index in [1.54, 1.807) is 11.1 Å². The molecule has 0 nitrogen and oxygen atoms in total. The van der Waals surface area contributed by atoms with Crippen molar-refractivity contribution in [1.29, 1.82) is 0 Å². The van der Waals surface area contributed by atoms with E-state index in [0.29, 0.717) is 0 Å². The fraction of sp³-hybridized carbons (Fsp3) is 0.429. The molecule has 0 N–H and O–H groups in total. The summed E-state index contributed by atoms with van der Waals surface area (Å²) in [6, 6.07) is 18.4. The Morgan fingerprint density at radius 3 is 1.21 bits per heavy atom. The van der Waals surface area contributed by atoms with Gasteiger partial charge in [-0.2, -0.15) is 0 Å². The Kier molecular flexibility index (Phi) is 6.15. The van der Waals surface area contributed by atoms with Crippen molar-refractivity contribution < 1.29 is 0 Å². The van der Waals surface area contributed by atoms with Crippen molar-refractivity contribution in [1.82, 2.24) is 0 Å². The van der Waals surface area contributed by atoms with Gasteiger partial charge in [-0.25, -0.2) is 0 Å². The van der Waals surface area contributed by atoms with Crippen LogP contribution in [0.15, 0.2) is 60.7 Å². The molecule has 0 fully saturated rings. The number of hydrogen-bond donors (Lipinski definition) is 0. The fourth-order valence-corrected chi connectivity index (χ4v) is 4.80. The van der Waals surface area contributed by atoms with Gasteiger partial charge in [0.2, 0.25) is 0 Å². The van der Waals surface area contributed by atoms with Crippen LogP contribution in [0.3, 0.4) is 0 Å². The molecule has 0 saturated carbocycles. The highest BCUT2D eigenvalue weighted by Crippen LogP contribution is 2.34. The van der Waals surface area contributed by atoms with Gasteiger partial charge in [-0.15, -0.1) is 0 Å². The molecule has 0 saturated heterocycles. The van der Waals surface area contributed by atoms with Gasteiger partial charge in [-0.3, -0.25) is 0 Å². The topological polar surface area (TPSA) is 0 Å². The highest BCUT2D eigenvalue weighted by molar-refractivity contribution is 5.73. The predicted molar refractivity (Wildman–Crippen MR) is 123 cm³/mol. The lowest BCUT2D eigenvalue weighted by molar-refractivity contribution is 0.471. The van der Waals surface area contributed by atoms with Crippen LogP contribution < -0.4 is 0 Å². The first kappa shape index (κ1) is 19.2. The molecule has 0 heteroatoms. The Morgan fingerprint density at radius 1 is 0.571 bits per heavy atom. The van der Waals surface area contributed by atoms with E-state index in [2.05, 4.69) is 74.5 Å². The maximum Gasteiger partial charge on any atom is -0.0184 e. The molecule has 2 aromatic rings. The first-order valence-corrected chi connectivity index (χ1v) is 11.4. The SMILES string of the molecule is CCC1CC=C(c2ccc(-c3ccc(C4=CCC(CC)CC4)cc3)cc2)CC1. The molecule has 0 heterocycles. The van der Waals surface area contributed by atoms with Gasteiger partial charge in [0.15, 0.2) is 0 Å². The molecular weight excluding hydrogens is 336 g/mol. The zero-order chi connectivity index (χ0) is 19.3. The summed E-state index contributed by atoms with van der Waals surface area (Å²) in [6.45, 7) is 4.63. The second-order valence-corrected chi connectivity index (χ2v) is 8.71. The van der Waals surface area contributed by atoms with Crippen LogP contribution in [0, 0.1) is 11.8 Å². The molecule has 0 bridgehead atoms. The summed E-state index contributed by atoms with van der Waals surface area (Å²) in [5.74, 6) is 1.79. The molecule has 2 atom stereocenters. The summed E-state index contributed by atoms with van der Waals surface area (Å²) in [6.07, 6.45) is 15.3. The van der Waals surface area contributed by atoms with Gasteiger partial charge in [0.05, 0.1) is 0 Å². The first-order valence-electron chi connectivity index (χ1n) is 11.4. The van der Waals surface area contributed by atoms with E-state index in [-0.39, 0.29) is 0 Å². The van der Waals surface area contributed by atoms with Gasteiger partial charge >= 0.3 is 0 Å². The summed E-state index contributed by atoms with van der Waals surface area (Å²) in [7, 11) is 0. The lowest BCUT2D eigenvalue weighted by Crippen LogP contribution is -2.04. The Morgan fingerprint density at radius 2 is 0.929 bits per heavy atom. The molecule has 2 aromatic carbocycles. The third-order valence-electron chi connectivity index (χ3n) is 7.04. The van der Waals surface area contributed by atoms with Crippen molar-refractivity contribution >= 4 is 11.1 Å². The standard InChI is InChI=1S/C28H34/c1-3-21-5-9-23(10-6-21)25-13-17-27(18-14-25)28-19-15-26(16-20-28)24-11-7-22(4-2)8-12-24/h9,11,13-22H,3-8,10,12H2,1-2H3. The summed E-state index contributed by atoms with van der Waals surface area (Å²) < 4.78 is 0. The fourth-order valence-electron chi connectivity index (χ4n) is 4.80. The maximum absolute atomic E-state index is 2.47. The van der Waals surface area contributed by atoms with Gasteiger partial charge < -0.3 is 0 Å². The molecule has 2 aliphatic rings. The Hall–Kier alpha value is -2.08. The van der Waals surface area contributed by atoms with Crippen LogP contribution in [0.25, 0.3) is 22.3 Å². The van der Waals surface area contributed by atoms with Crippen LogP contribution >= 0.6 is 0 Å². The smallest absolute Gasteiger partial charge is 0.0184 e. The minimum atomic E-state index is 0.897. The van der Waals surface area contributed by atoms with Crippen molar-refractivity contribution in [2.75, 3.05) is 0 Å². The summed E-state index contributed by atoms with van der Waals surface area (Å²) >= 11 is 0. The van der Waals surface area contributed by atoms with Crippen LogP contribution in [0.5, 0.6) is 0 Å². The average Bonchev–Trinajstić information content (AvgIpc) is 2.79. The van der Waals surface area contributed by atoms with Gasteiger partial charge in [-0.1, -0.05) is 87.4 Å². The molecule has 2 unspecified atom stereocenters. The second kappa shape index (κ2) is 8.95. The third-order valence-corrected chi connectivity index (χ3v) is 7.04. The van der Waals surface area contributed by atoms with E-state index in [4.69, 9.17) is 0 Å². The summed E-state index contributed by atoms with van der Waals surface area (Å²) in [4.78, 5) is 0. The van der Waals surface area contributed by atoms with E-state index < -0.39 is 0 Å². The zero-order valence-electron chi connectivity index (χ0n) is 17.6. The van der Waals surface area contributed by atoms with E-state index >= 15 is 0 Å². The first-order chi connectivity index (χ1) is 13.8. The predicted octanol–water partition coefficient (Wildman–Crippen LogP) is 8.54. The lowest BCUT2D eigenvalue weighted by atomic mass is 9.84. The monoisotopic (exact) mass is 370 g/mol. The van der Waals surface area contributed by atoms with Crippen molar-refractivity contribution in [3.05, 3.63) is 71.8 Å². The van der Waals surface area contributed by atoms with Crippen LogP contribution in [0.2, 0.25) is 0 Å². The number of hydrogen-bond acceptors (Lipinski definition) is 0. The van der Waals surface area contributed by atoms with Crippen molar-refractivity contribution in [3.63, 3.8) is 0 Å². The molecule has 28 heavy (non-hydrogen) atoms. The summed E-state index contributed by atoms with van der Waals surface area (Å²) in [5, 5.41) is 0.